The first kappa shape index (κ1) is 13.2. The Balaban J connectivity index is 1.70. The van der Waals surface area contributed by atoms with Crippen LogP contribution in [-0.4, -0.2) is 38.9 Å². The van der Waals surface area contributed by atoms with Gasteiger partial charge in [-0.05, 0) is 46.1 Å². The van der Waals surface area contributed by atoms with Gasteiger partial charge in [-0.15, -0.1) is 0 Å². The smallest absolute Gasteiger partial charge is 0.231 e. The van der Waals surface area contributed by atoms with Crippen LogP contribution in [0.25, 0.3) is 0 Å². The molecule has 0 aliphatic carbocycles. The van der Waals surface area contributed by atoms with E-state index in [1.165, 1.54) is 18.4 Å². The maximum absolute atomic E-state index is 5.47. The van der Waals surface area contributed by atoms with E-state index in [2.05, 4.69) is 30.4 Å². The minimum Gasteiger partial charge on any atom is -0.454 e. The van der Waals surface area contributed by atoms with Crippen molar-refractivity contribution in [2.75, 3.05) is 34.0 Å². The second kappa shape index (κ2) is 6.61. The molecule has 0 saturated carbocycles. The van der Waals surface area contributed by atoms with Crippen molar-refractivity contribution >= 4 is 0 Å². The van der Waals surface area contributed by atoms with E-state index in [4.69, 9.17) is 9.47 Å². The van der Waals surface area contributed by atoms with E-state index < -0.39 is 0 Å². The largest absolute Gasteiger partial charge is 0.454 e. The average molecular weight is 250 g/mol. The first-order chi connectivity index (χ1) is 8.77. The molecule has 0 fully saturated rings. The fourth-order valence-corrected chi connectivity index (χ4v) is 2.03. The van der Waals surface area contributed by atoms with Crippen LogP contribution in [0.2, 0.25) is 0 Å². The van der Waals surface area contributed by atoms with Gasteiger partial charge in [-0.3, -0.25) is 0 Å². The zero-order valence-electron chi connectivity index (χ0n) is 11.2. The Bertz CT molecular complexity index is 380. The summed E-state index contributed by atoms with van der Waals surface area (Å²) >= 11 is 0. The van der Waals surface area contributed by atoms with Gasteiger partial charge in [-0.1, -0.05) is 12.1 Å². The maximum atomic E-state index is 5.47. The van der Waals surface area contributed by atoms with Gasteiger partial charge in [-0.2, -0.15) is 0 Å². The van der Waals surface area contributed by atoms with Gasteiger partial charge in [-0.25, -0.2) is 0 Å². The first-order valence-corrected chi connectivity index (χ1v) is 6.50. The first-order valence-electron chi connectivity index (χ1n) is 6.50. The molecule has 2 rings (SSSR count). The van der Waals surface area contributed by atoms with Gasteiger partial charge in [0.05, 0.1) is 0 Å². The molecule has 0 atom stereocenters. The van der Waals surface area contributed by atoms with Crippen molar-refractivity contribution in [3.8, 4) is 11.5 Å². The van der Waals surface area contributed by atoms with Crippen LogP contribution in [0.3, 0.4) is 0 Å². The summed E-state index contributed by atoms with van der Waals surface area (Å²) in [5.74, 6) is 1.76. The molecule has 1 heterocycles. The number of rotatable bonds is 7. The maximum Gasteiger partial charge on any atom is 0.231 e. The van der Waals surface area contributed by atoms with E-state index in [1.807, 2.05) is 12.1 Å². The van der Waals surface area contributed by atoms with E-state index in [1.54, 1.807) is 0 Å². The SMILES string of the molecule is CN(C)CCCCNCc1cccc2c1OCO2. The van der Waals surface area contributed by atoms with Crippen molar-refractivity contribution in [2.24, 2.45) is 0 Å². The van der Waals surface area contributed by atoms with E-state index >= 15 is 0 Å². The lowest BCUT2D eigenvalue weighted by atomic mass is 10.2. The average Bonchev–Trinajstić information content (AvgIpc) is 2.82. The summed E-state index contributed by atoms with van der Waals surface area (Å²) < 4.78 is 10.8. The molecule has 4 heteroatoms. The summed E-state index contributed by atoms with van der Waals surface area (Å²) in [5, 5.41) is 3.45. The molecular weight excluding hydrogens is 228 g/mol. The third kappa shape index (κ3) is 3.62. The Kier molecular flexibility index (Phi) is 4.84. The van der Waals surface area contributed by atoms with Crippen LogP contribution in [0.5, 0.6) is 11.5 Å². The van der Waals surface area contributed by atoms with Gasteiger partial charge >= 0.3 is 0 Å². The molecule has 0 bridgehead atoms. The number of unbranched alkanes of at least 4 members (excludes halogenated alkanes) is 1. The molecule has 4 nitrogen and oxygen atoms in total. The molecule has 0 unspecified atom stereocenters. The normalized spacial score (nSPS) is 13.3. The van der Waals surface area contributed by atoms with Gasteiger partial charge < -0.3 is 19.7 Å². The van der Waals surface area contributed by atoms with Crippen molar-refractivity contribution < 1.29 is 9.47 Å². The Morgan fingerprint density at radius 3 is 2.94 bits per heavy atom. The van der Waals surface area contributed by atoms with Crippen LogP contribution in [0.4, 0.5) is 0 Å². The van der Waals surface area contributed by atoms with Crippen LogP contribution < -0.4 is 14.8 Å². The van der Waals surface area contributed by atoms with Crippen molar-refractivity contribution in [3.05, 3.63) is 23.8 Å². The van der Waals surface area contributed by atoms with Crippen LogP contribution in [0.15, 0.2) is 18.2 Å². The summed E-state index contributed by atoms with van der Waals surface area (Å²) in [6.07, 6.45) is 2.43. The molecule has 0 saturated heterocycles. The number of nitrogens with one attached hydrogen (secondary N) is 1. The topological polar surface area (TPSA) is 33.7 Å². The minimum atomic E-state index is 0.342. The van der Waals surface area contributed by atoms with E-state index in [0.29, 0.717) is 6.79 Å². The fourth-order valence-electron chi connectivity index (χ4n) is 2.03. The number of nitrogens with zero attached hydrogens (tertiary/aromatic N) is 1. The highest BCUT2D eigenvalue weighted by atomic mass is 16.7. The quantitative estimate of drug-likeness (QED) is 0.749. The van der Waals surface area contributed by atoms with Gasteiger partial charge in [0.2, 0.25) is 6.79 Å². The van der Waals surface area contributed by atoms with Crippen LogP contribution in [0, 0.1) is 0 Å². The fraction of sp³-hybridized carbons (Fsp3) is 0.571. The summed E-state index contributed by atoms with van der Waals surface area (Å²) in [7, 11) is 4.22. The second-order valence-electron chi connectivity index (χ2n) is 4.84. The zero-order valence-corrected chi connectivity index (χ0v) is 11.2. The molecule has 18 heavy (non-hydrogen) atoms. The molecule has 1 N–H and O–H groups in total. The van der Waals surface area contributed by atoms with E-state index in [-0.39, 0.29) is 0 Å². The van der Waals surface area contributed by atoms with Crippen molar-refractivity contribution in [3.63, 3.8) is 0 Å². The van der Waals surface area contributed by atoms with Crippen molar-refractivity contribution in [1.82, 2.24) is 10.2 Å². The predicted molar refractivity (Wildman–Crippen MR) is 72.1 cm³/mol. The van der Waals surface area contributed by atoms with Crippen LogP contribution >= 0.6 is 0 Å². The molecule has 1 aliphatic rings. The lowest BCUT2D eigenvalue weighted by molar-refractivity contribution is 0.173. The van der Waals surface area contributed by atoms with Crippen molar-refractivity contribution in [2.45, 2.75) is 19.4 Å². The number of benzene rings is 1. The molecule has 100 valence electrons. The molecular formula is C14H22N2O2. The molecule has 0 aromatic heterocycles. The monoisotopic (exact) mass is 250 g/mol. The predicted octanol–water partition coefficient (Wildman–Crippen LogP) is 1.85. The lowest BCUT2D eigenvalue weighted by Gasteiger charge is -2.10. The highest BCUT2D eigenvalue weighted by Gasteiger charge is 2.16. The summed E-state index contributed by atoms with van der Waals surface area (Å²) in [5.41, 5.74) is 1.18. The highest BCUT2D eigenvalue weighted by Crippen LogP contribution is 2.35. The summed E-state index contributed by atoms with van der Waals surface area (Å²) in [4.78, 5) is 2.22. The third-order valence-electron chi connectivity index (χ3n) is 3.00. The van der Waals surface area contributed by atoms with E-state index in [9.17, 15) is 0 Å². The summed E-state index contributed by atoms with van der Waals surface area (Å²) in [6, 6.07) is 6.04. The molecule has 1 aromatic carbocycles. The van der Waals surface area contributed by atoms with Gasteiger partial charge in [0.15, 0.2) is 11.5 Å². The molecule has 0 spiro atoms. The Morgan fingerprint density at radius 2 is 2.11 bits per heavy atom. The number of ether oxygens (including phenoxy) is 2. The molecule has 1 aliphatic heterocycles. The van der Waals surface area contributed by atoms with Gasteiger partial charge in [0.1, 0.15) is 0 Å². The number of hydrogen-bond acceptors (Lipinski definition) is 4. The number of para-hydroxylation sites is 1. The van der Waals surface area contributed by atoms with Gasteiger partial charge in [0, 0.05) is 12.1 Å². The zero-order chi connectivity index (χ0) is 12.8. The second-order valence-corrected chi connectivity index (χ2v) is 4.84. The van der Waals surface area contributed by atoms with E-state index in [0.717, 1.165) is 31.1 Å². The van der Waals surface area contributed by atoms with Crippen LogP contribution in [0.1, 0.15) is 18.4 Å². The standard InChI is InChI=1S/C14H22N2O2/c1-16(2)9-4-3-8-15-10-12-6-5-7-13-14(12)18-11-17-13/h5-7,15H,3-4,8-11H2,1-2H3. The number of fused-ring (bicyclic) bond motifs is 1. The van der Waals surface area contributed by atoms with Crippen molar-refractivity contribution in [1.29, 1.82) is 0 Å². The summed E-state index contributed by atoms with van der Waals surface area (Å²) in [6.45, 7) is 3.38. The third-order valence-corrected chi connectivity index (χ3v) is 3.00. The highest BCUT2D eigenvalue weighted by molar-refractivity contribution is 5.48. The lowest BCUT2D eigenvalue weighted by Crippen LogP contribution is -2.18. The molecule has 0 radical (unpaired) electrons. The van der Waals surface area contributed by atoms with Gasteiger partial charge in [0.25, 0.3) is 0 Å². The Morgan fingerprint density at radius 1 is 1.22 bits per heavy atom. The van der Waals surface area contributed by atoms with Crippen LogP contribution in [-0.2, 0) is 6.54 Å². The number of hydrogen-bond donors (Lipinski definition) is 1. The Labute approximate surface area is 109 Å². The Hall–Kier alpha value is -1.26. The minimum absolute atomic E-state index is 0.342. The molecule has 0 amide bonds. The molecule has 1 aromatic rings.